The SMILES string of the molecule is Cc1c(OC(=O)NCCc2ccccc2Cl)cnn1-c1ccccc1. The van der Waals surface area contributed by atoms with Crippen molar-refractivity contribution in [1.82, 2.24) is 15.1 Å². The largest absolute Gasteiger partial charge is 0.412 e. The van der Waals surface area contributed by atoms with Crippen LogP contribution in [0.4, 0.5) is 4.79 Å². The number of para-hydroxylation sites is 1. The van der Waals surface area contributed by atoms with Crippen LogP contribution in [0, 0.1) is 6.92 Å². The minimum atomic E-state index is -0.511. The number of hydrogen-bond acceptors (Lipinski definition) is 3. The summed E-state index contributed by atoms with van der Waals surface area (Å²) in [5.74, 6) is 0.430. The van der Waals surface area contributed by atoms with Crippen molar-refractivity contribution in [2.45, 2.75) is 13.3 Å². The molecule has 25 heavy (non-hydrogen) atoms. The summed E-state index contributed by atoms with van der Waals surface area (Å²) in [5, 5.41) is 7.69. The van der Waals surface area contributed by atoms with Gasteiger partial charge in [-0.1, -0.05) is 48.0 Å². The number of nitrogens with zero attached hydrogens (tertiary/aromatic N) is 2. The van der Waals surface area contributed by atoms with Gasteiger partial charge in [-0.15, -0.1) is 0 Å². The van der Waals surface area contributed by atoms with Crippen LogP contribution in [0.3, 0.4) is 0 Å². The number of carbonyl (C=O) groups is 1. The highest BCUT2D eigenvalue weighted by atomic mass is 35.5. The molecule has 0 fully saturated rings. The predicted molar refractivity (Wildman–Crippen MR) is 97.5 cm³/mol. The van der Waals surface area contributed by atoms with Crippen LogP contribution in [-0.2, 0) is 6.42 Å². The quantitative estimate of drug-likeness (QED) is 0.747. The van der Waals surface area contributed by atoms with Gasteiger partial charge in [0.15, 0.2) is 5.75 Å². The van der Waals surface area contributed by atoms with Crippen molar-refractivity contribution in [2.24, 2.45) is 0 Å². The normalized spacial score (nSPS) is 10.5. The fourth-order valence-corrected chi connectivity index (χ4v) is 2.69. The van der Waals surface area contributed by atoms with E-state index in [1.807, 2.05) is 61.5 Å². The van der Waals surface area contributed by atoms with Crippen LogP contribution in [0.5, 0.6) is 5.75 Å². The summed E-state index contributed by atoms with van der Waals surface area (Å²) >= 11 is 6.10. The first-order valence-electron chi connectivity index (χ1n) is 7.94. The molecule has 1 aromatic heterocycles. The Balaban J connectivity index is 1.57. The molecule has 0 saturated carbocycles. The minimum absolute atomic E-state index is 0.430. The number of benzene rings is 2. The lowest BCUT2D eigenvalue weighted by molar-refractivity contribution is 0.200. The highest BCUT2D eigenvalue weighted by molar-refractivity contribution is 6.31. The van der Waals surface area contributed by atoms with Gasteiger partial charge in [-0.05, 0) is 37.1 Å². The lowest BCUT2D eigenvalue weighted by Gasteiger charge is -2.08. The summed E-state index contributed by atoms with van der Waals surface area (Å²) in [6.07, 6.45) is 1.66. The standard InChI is InChI=1S/C19H18ClN3O2/c1-14-18(13-22-23(14)16-8-3-2-4-9-16)25-19(24)21-12-11-15-7-5-6-10-17(15)20/h2-10,13H,11-12H2,1H3,(H,21,24). The molecule has 1 N–H and O–H groups in total. The summed E-state index contributed by atoms with van der Waals surface area (Å²) < 4.78 is 7.08. The van der Waals surface area contributed by atoms with E-state index in [-0.39, 0.29) is 0 Å². The Morgan fingerprint density at radius 3 is 2.64 bits per heavy atom. The molecular formula is C19H18ClN3O2. The van der Waals surface area contributed by atoms with Crippen molar-refractivity contribution in [2.75, 3.05) is 6.54 Å². The van der Waals surface area contributed by atoms with E-state index in [9.17, 15) is 4.79 Å². The number of rotatable bonds is 5. The number of carbonyl (C=O) groups excluding carboxylic acids is 1. The van der Waals surface area contributed by atoms with Crippen molar-refractivity contribution >= 4 is 17.7 Å². The maximum absolute atomic E-state index is 12.0. The van der Waals surface area contributed by atoms with Crippen LogP contribution in [0.2, 0.25) is 5.02 Å². The zero-order valence-electron chi connectivity index (χ0n) is 13.8. The summed E-state index contributed by atoms with van der Waals surface area (Å²) in [6.45, 7) is 2.29. The molecule has 0 aliphatic carbocycles. The number of amides is 1. The van der Waals surface area contributed by atoms with E-state index >= 15 is 0 Å². The van der Waals surface area contributed by atoms with E-state index in [4.69, 9.17) is 16.3 Å². The first-order chi connectivity index (χ1) is 12.1. The molecule has 0 spiro atoms. The fraction of sp³-hybridized carbons (Fsp3) is 0.158. The van der Waals surface area contributed by atoms with E-state index in [2.05, 4.69) is 10.4 Å². The van der Waals surface area contributed by atoms with Crippen molar-refractivity contribution in [1.29, 1.82) is 0 Å². The third-order valence-corrected chi connectivity index (χ3v) is 4.16. The smallest absolute Gasteiger partial charge is 0.407 e. The molecule has 0 atom stereocenters. The van der Waals surface area contributed by atoms with E-state index in [0.29, 0.717) is 23.7 Å². The van der Waals surface area contributed by atoms with E-state index < -0.39 is 6.09 Å². The average molecular weight is 356 g/mol. The van der Waals surface area contributed by atoms with Gasteiger partial charge in [-0.2, -0.15) is 5.10 Å². The molecule has 0 unspecified atom stereocenters. The zero-order chi connectivity index (χ0) is 17.6. The van der Waals surface area contributed by atoms with Gasteiger partial charge >= 0.3 is 6.09 Å². The van der Waals surface area contributed by atoms with E-state index in [1.165, 1.54) is 6.20 Å². The molecule has 0 radical (unpaired) electrons. The molecule has 0 aliphatic heterocycles. The van der Waals surface area contributed by atoms with Gasteiger partial charge in [0.2, 0.25) is 0 Å². The van der Waals surface area contributed by atoms with Crippen molar-refractivity contribution < 1.29 is 9.53 Å². The van der Waals surface area contributed by atoms with Crippen LogP contribution in [-0.4, -0.2) is 22.4 Å². The Kier molecular flexibility index (Phi) is 5.36. The van der Waals surface area contributed by atoms with Gasteiger partial charge < -0.3 is 10.1 Å². The first kappa shape index (κ1) is 17.0. The van der Waals surface area contributed by atoms with E-state index in [1.54, 1.807) is 4.68 Å². The topological polar surface area (TPSA) is 56.1 Å². The fourth-order valence-electron chi connectivity index (χ4n) is 2.46. The third kappa shape index (κ3) is 4.19. The zero-order valence-corrected chi connectivity index (χ0v) is 14.5. The van der Waals surface area contributed by atoms with E-state index in [0.717, 1.165) is 16.9 Å². The number of ether oxygens (including phenoxy) is 1. The average Bonchev–Trinajstić information content (AvgIpc) is 2.98. The summed E-state index contributed by atoms with van der Waals surface area (Å²) in [5.41, 5.74) is 2.65. The maximum Gasteiger partial charge on any atom is 0.412 e. The van der Waals surface area contributed by atoms with Gasteiger partial charge in [-0.3, -0.25) is 0 Å². The molecule has 5 nitrogen and oxygen atoms in total. The third-order valence-electron chi connectivity index (χ3n) is 3.79. The Morgan fingerprint density at radius 2 is 1.88 bits per heavy atom. The Labute approximate surface area is 151 Å². The van der Waals surface area contributed by atoms with Gasteiger partial charge in [0, 0.05) is 11.6 Å². The molecule has 0 aliphatic rings. The molecule has 128 valence electrons. The Bertz CT molecular complexity index is 862. The number of aromatic nitrogens is 2. The molecule has 0 saturated heterocycles. The molecule has 1 heterocycles. The van der Waals surface area contributed by atoms with Crippen molar-refractivity contribution in [3.05, 3.63) is 77.1 Å². The maximum atomic E-state index is 12.0. The van der Waals surface area contributed by atoms with Gasteiger partial charge in [0.05, 0.1) is 17.6 Å². The Hall–Kier alpha value is -2.79. The van der Waals surface area contributed by atoms with Crippen LogP contribution in [0.15, 0.2) is 60.8 Å². The highest BCUT2D eigenvalue weighted by Gasteiger charge is 2.12. The molecule has 2 aromatic carbocycles. The van der Waals surface area contributed by atoms with Crippen LogP contribution < -0.4 is 10.1 Å². The first-order valence-corrected chi connectivity index (χ1v) is 8.32. The second-order valence-corrected chi connectivity index (χ2v) is 5.91. The molecular weight excluding hydrogens is 338 g/mol. The van der Waals surface area contributed by atoms with Crippen molar-refractivity contribution in [3.63, 3.8) is 0 Å². The number of nitrogens with one attached hydrogen (secondary N) is 1. The highest BCUT2D eigenvalue weighted by Crippen LogP contribution is 2.20. The van der Waals surface area contributed by atoms with Crippen LogP contribution >= 0.6 is 11.6 Å². The second-order valence-electron chi connectivity index (χ2n) is 5.50. The molecule has 3 rings (SSSR count). The summed E-state index contributed by atoms with van der Waals surface area (Å²) in [6, 6.07) is 17.2. The van der Waals surface area contributed by atoms with Gasteiger partial charge in [-0.25, -0.2) is 9.48 Å². The van der Waals surface area contributed by atoms with Crippen LogP contribution in [0.1, 0.15) is 11.3 Å². The summed E-state index contributed by atoms with van der Waals surface area (Å²) in [4.78, 5) is 12.0. The van der Waals surface area contributed by atoms with Crippen molar-refractivity contribution in [3.8, 4) is 11.4 Å². The number of halogens is 1. The van der Waals surface area contributed by atoms with Gasteiger partial charge in [0.25, 0.3) is 0 Å². The minimum Gasteiger partial charge on any atom is -0.407 e. The molecule has 6 heteroatoms. The Morgan fingerprint density at radius 1 is 1.16 bits per heavy atom. The summed E-state index contributed by atoms with van der Waals surface area (Å²) in [7, 11) is 0. The second kappa shape index (κ2) is 7.85. The lowest BCUT2D eigenvalue weighted by Crippen LogP contribution is -2.28. The molecule has 1 amide bonds. The lowest BCUT2D eigenvalue weighted by atomic mass is 10.1. The van der Waals surface area contributed by atoms with Crippen LogP contribution in [0.25, 0.3) is 5.69 Å². The molecule has 3 aromatic rings. The predicted octanol–water partition coefficient (Wildman–Crippen LogP) is 4.17. The monoisotopic (exact) mass is 355 g/mol. The van der Waals surface area contributed by atoms with Gasteiger partial charge in [0.1, 0.15) is 0 Å². The number of hydrogen-bond donors (Lipinski definition) is 1. The molecule has 0 bridgehead atoms.